The summed E-state index contributed by atoms with van der Waals surface area (Å²) < 4.78 is 68.3. The van der Waals surface area contributed by atoms with E-state index in [-0.39, 0.29) is 45.5 Å². The number of alkyl halides is 3. The van der Waals surface area contributed by atoms with E-state index in [1.807, 2.05) is 6.07 Å². The van der Waals surface area contributed by atoms with E-state index in [2.05, 4.69) is 15.3 Å². The smallest absolute Gasteiger partial charge is 0.424 e. The third-order valence-electron chi connectivity index (χ3n) is 7.03. The van der Waals surface area contributed by atoms with Gasteiger partial charge in [0.15, 0.2) is 5.75 Å². The lowest BCUT2D eigenvalue weighted by Crippen LogP contribution is -2.51. The van der Waals surface area contributed by atoms with Crippen LogP contribution < -0.4 is 14.8 Å². The van der Waals surface area contributed by atoms with Crippen LogP contribution in [0.3, 0.4) is 0 Å². The average Bonchev–Trinajstić information content (AvgIpc) is 3.31. The predicted molar refractivity (Wildman–Crippen MR) is 144 cm³/mol. The summed E-state index contributed by atoms with van der Waals surface area (Å²) in [5, 5.41) is 23.8. The van der Waals surface area contributed by atoms with Crippen molar-refractivity contribution >= 4 is 28.4 Å². The molecule has 1 amide bonds. The third kappa shape index (κ3) is 4.95. The van der Waals surface area contributed by atoms with Crippen molar-refractivity contribution < 1.29 is 36.9 Å². The highest BCUT2D eigenvalue weighted by Gasteiger charge is 2.57. The van der Waals surface area contributed by atoms with Gasteiger partial charge in [0.1, 0.15) is 34.8 Å². The van der Waals surface area contributed by atoms with Crippen LogP contribution in [0.15, 0.2) is 54.7 Å². The van der Waals surface area contributed by atoms with Crippen LogP contribution in [0.25, 0.3) is 22.2 Å². The van der Waals surface area contributed by atoms with E-state index in [0.717, 1.165) is 18.2 Å². The van der Waals surface area contributed by atoms with Crippen LogP contribution in [0.4, 0.5) is 17.6 Å². The number of rotatable bonds is 6. The van der Waals surface area contributed by atoms with Crippen molar-refractivity contribution in [3.8, 4) is 28.8 Å². The number of pyridine rings is 2. The second kappa shape index (κ2) is 10.4. The third-order valence-corrected chi connectivity index (χ3v) is 7.24. The molecule has 2 N–H and O–H groups in total. The Morgan fingerprint density at radius 3 is 2.60 bits per heavy atom. The van der Waals surface area contributed by atoms with Gasteiger partial charge in [0.25, 0.3) is 5.91 Å². The van der Waals surface area contributed by atoms with Gasteiger partial charge in [0.05, 0.1) is 30.4 Å². The van der Waals surface area contributed by atoms with E-state index in [1.165, 1.54) is 50.6 Å². The van der Waals surface area contributed by atoms with Gasteiger partial charge in [-0.1, -0.05) is 11.6 Å². The fourth-order valence-corrected chi connectivity index (χ4v) is 4.78. The van der Waals surface area contributed by atoms with E-state index in [4.69, 9.17) is 21.1 Å². The summed E-state index contributed by atoms with van der Waals surface area (Å²) in [5.41, 5.74) is -5.51. The van der Waals surface area contributed by atoms with Gasteiger partial charge in [-0.15, -0.1) is 0 Å². The Bertz CT molecular complexity index is 1760. The maximum atomic E-state index is 14.6. The summed E-state index contributed by atoms with van der Waals surface area (Å²) in [4.78, 5) is 21.3. The van der Waals surface area contributed by atoms with Gasteiger partial charge in [0.2, 0.25) is 5.60 Å². The van der Waals surface area contributed by atoms with Crippen molar-refractivity contribution in [1.82, 2.24) is 15.3 Å². The number of halogens is 5. The van der Waals surface area contributed by atoms with E-state index in [1.54, 1.807) is 0 Å². The molecule has 1 unspecified atom stereocenters. The molecule has 2 atom stereocenters. The van der Waals surface area contributed by atoms with Gasteiger partial charge in [-0.2, -0.15) is 18.4 Å². The molecule has 4 aromatic rings. The van der Waals surface area contributed by atoms with Crippen LogP contribution in [0.2, 0.25) is 5.02 Å². The minimum absolute atomic E-state index is 0.0403. The van der Waals surface area contributed by atoms with Gasteiger partial charge in [-0.3, -0.25) is 9.78 Å². The highest BCUT2D eigenvalue weighted by atomic mass is 35.5. The van der Waals surface area contributed by atoms with Gasteiger partial charge in [-0.25, -0.2) is 9.37 Å². The number of nitrogens with zero attached hydrogens (tertiary/aromatic N) is 3. The summed E-state index contributed by atoms with van der Waals surface area (Å²) in [5.74, 6) is -1.32. The van der Waals surface area contributed by atoms with Crippen LogP contribution in [-0.2, 0) is 11.0 Å². The Labute approximate surface area is 241 Å². The standard InChI is InChI=1S/C29H21ClF4N4O4/c1-27(12-35)14-42-25-20(27)10-22(38-24(25)15-3-5-19(31)6-4-15)28(40,29(32,33)34)13-37-26(39)17-7-16-8-18(30)11-36-23(16)21(9-17)41-2/h3-11,40H,13-14H2,1-2H3,(H,37,39)/t27-,28?/m0/s1. The zero-order valence-electron chi connectivity index (χ0n) is 22.0. The highest BCUT2D eigenvalue weighted by Crippen LogP contribution is 2.47. The van der Waals surface area contributed by atoms with Gasteiger partial charge >= 0.3 is 6.18 Å². The molecule has 1 aliphatic rings. The number of carbonyl (C=O) groups is 1. The van der Waals surface area contributed by atoms with Crippen molar-refractivity contribution in [3.63, 3.8) is 0 Å². The van der Waals surface area contributed by atoms with Crippen LogP contribution in [0, 0.1) is 17.1 Å². The molecule has 2 aromatic carbocycles. The fourth-order valence-electron chi connectivity index (χ4n) is 4.61. The normalized spacial score (nSPS) is 17.6. The number of fused-ring (bicyclic) bond motifs is 2. The Kier molecular flexibility index (Phi) is 7.20. The fraction of sp³-hybridized carbons (Fsp3) is 0.241. The molecule has 0 saturated heterocycles. The molecule has 0 bridgehead atoms. The lowest BCUT2D eigenvalue weighted by molar-refractivity contribution is -0.265. The summed E-state index contributed by atoms with van der Waals surface area (Å²) in [6.07, 6.45) is -3.95. The molecule has 0 spiro atoms. The lowest BCUT2D eigenvalue weighted by atomic mass is 9.83. The van der Waals surface area contributed by atoms with E-state index in [0.29, 0.717) is 10.9 Å². The molecule has 5 rings (SSSR count). The molecule has 0 fully saturated rings. The summed E-state index contributed by atoms with van der Waals surface area (Å²) in [6.45, 7) is -0.0377. The largest absolute Gasteiger partial charge is 0.494 e. The molecule has 8 nitrogen and oxygen atoms in total. The number of carbonyl (C=O) groups excluding carboxylic acids is 1. The quantitative estimate of drug-likeness (QED) is 0.283. The van der Waals surface area contributed by atoms with Crippen LogP contribution >= 0.6 is 11.6 Å². The SMILES string of the molecule is COc1cc(C(=O)NCC(O)(c2cc3c(c(-c4ccc(F)cc4)n2)OC[C@]3(C)C#N)C(F)(F)F)cc2cc(Cl)cnc12. The number of aliphatic hydroxyl groups is 1. The molecule has 0 aliphatic carbocycles. The van der Waals surface area contributed by atoms with E-state index >= 15 is 0 Å². The van der Waals surface area contributed by atoms with Crippen LogP contribution in [-0.4, -0.2) is 47.4 Å². The Hall–Kier alpha value is -4.47. The maximum Gasteiger partial charge on any atom is 0.424 e. The van der Waals surface area contributed by atoms with Gasteiger partial charge in [-0.05, 0) is 55.5 Å². The van der Waals surface area contributed by atoms with Crippen molar-refractivity contribution in [2.45, 2.75) is 24.1 Å². The molecule has 2 aromatic heterocycles. The lowest BCUT2D eigenvalue weighted by Gasteiger charge is -2.31. The number of nitrogens with one attached hydrogen (secondary N) is 1. The zero-order valence-corrected chi connectivity index (χ0v) is 22.8. The maximum absolute atomic E-state index is 14.6. The Balaban J connectivity index is 1.58. The van der Waals surface area contributed by atoms with Gasteiger partial charge in [0, 0.05) is 28.3 Å². The summed E-state index contributed by atoms with van der Waals surface area (Å²) >= 11 is 6.00. The first-order valence-corrected chi connectivity index (χ1v) is 12.7. The summed E-state index contributed by atoms with van der Waals surface area (Å²) in [7, 11) is 1.34. The van der Waals surface area contributed by atoms with Crippen LogP contribution in [0.1, 0.15) is 28.5 Å². The number of hydrogen-bond acceptors (Lipinski definition) is 7. The number of methoxy groups -OCH3 is 1. The molecule has 3 heterocycles. The summed E-state index contributed by atoms with van der Waals surface area (Å²) in [6, 6.07) is 11.9. The number of nitriles is 1. The number of hydrogen-bond donors (Lipinski definition) is 2. The molecule has 1 aliphatic heterocycles. The molecule has 0 radical (unpaired) electrons. The number of aromatic nitrogens is 2. The zero-order chi connectivity index (χ0) is 30.4. The van der Waals surface area contributed by atoms with Gasteiger partial charge < -0.3 is 19.9 Å². The molecule has 216 valence electrons. The van der Waals surface area contributed by atoms with E-state index < -0.39 is 41.2 Å². The second-order valence-corrected chi connectivity index (χ2v) is 10.4. The first-order valence-electron chi connectivity index (χ1n) is 12.4. The van der Waals surface area contributed by atoms with E-state index in [9.17, 15) is 32.7 Å². The monoisotopic (exact) mass is 600 g/mol. The number of ether oxygens (including phenoxy) is 2. The highest BCUT2D eigenvalue weighted by molar-refractivity contribution is 6.31. The molecular formula is C29H21ClF4N4O4. The Morgan fingerprint density at radius 2 is 1.95 bits per heavy atom. The first-order chi connectivity index (χ1) is 19.8. The minimum Gasteiger partial charge on any atom is -0.494 e. The molecule has 0 saturated carbocycles. The minimum atomic E-state index is -5.33. The molecular weight excluding hydrogens is 580 g/mol. The van der Waals surface area contributed by atoms with Crippen molar-refractivity contribution in [3.05, 3.63) is 82.4 Å². The van der Waals surface area contributed by atoms with Crippen molar-refractivity contribution in [1.29, 1.82) is 5.26 Å². The first kappa shape index (κ1) is 29.0. The van der Waals surface area contributed by atoms with Crippen molar-refractivity contribution in [2.75, 3.05) is 20.3 Å². The van der Waals surface area contributed by atoms with Crippen molar-refractivity contribution in [2.24, 2.45) is 0 Å². The molecule has 42 heavy (non-hydrogen) atoms. The Morgan fingerprint density at radius 1 is 1.24 bits per heavy atom. The number of benzene rings is 2. The van der Waals surface area contributed by atoms with Crippen LogP contribution in [0.5, 0.6) is 11.5 Å². The average molecular weight is 601 g/mol. The second-order valence-electron chi connectivity index (χ2n) is 9.92. The topological polar surface area (TPSA) is 117 Å². The number of amides is 1. The predicted octanol–water partition coefficient (Wildman–Crippen LogP) is 5.45. The molecule has 13 heteroatoms.